The van der Waals surface area contributed by atoms with Crippen molar-refractivity contribution in [2.45, 2.75) is 19.8 Å². The Labute approximate surface area is 116 Å². The zero-order valence-corrected chi connectivity index (χ0v) is 11.2. The van der Waals surface area contributed by atoms with Gasteiger partial charge < -0.3 is 4.90 Å². The molecule has 102 valence electrons. The molecule has 3 aliphatic rings. The molecule has 2 atom stereocenters. The fraction of sp³-hybridized carbons (Fsp3) is 0.400. The van der Waals surface area contributed by atoms with E-state index in [-0.39, 0.29) is 23.7 Å². The summed E-state index contributed by atoms with van der Waals surface area (Å²) >= 11 is 0. The first-order valence-electron chi connectivity index (χ1n) is 7.00. The van der Waals surface area contributed by atoms with Gasteiger partial charge in [-0.05, 0) is 36.6 Å². The molecular weight excluding hydrogens is 254 g/mol. The predicted octanol–water partition coefficient (Wildman–Crippen LogP) is 1.07. The molecule has 1 aromatic carbocycles. The third-order valence-electron chi connectivity index (χ3n) is 4.39. The Morgan fingerprint density at radius 3 is 3.00 bits per heavy atom. The van der Waals surface area contributed by atoms with E-state index in [4.69, 9.17) is 0 Å². The Bertz CT molecular complexity index is 665. The van der Waals surface area contributed by atoms with Crippen molar-refractivity contribution in [1.29, 1.82) is 0 Å². The Morgan fingerprint density at radius 2 is 2.20 bits per heavy atom. The average Bonchev–Trinajstić information content (AvgIpc) is 3.17. The number of benzene rings is 1. The second-order valence-corrected chi connectivity index (χ2v) is 5.58. The van der Waals surface area contributed by atoms with E-state index in [1.54, 1.807) is 0 Å². The van der Waals surface area contributed by atoms with Crippen LogP contribution in [-0.2, 0) is 16.0 Å². The molecule has 5 nitrogen and oxygen atoms in total. The normalized spacial score (nSPS) is 26.9. The first-order chi connectivity index (χ1) is 9.69. The summed E-state index contributed by atoms with van der Waals surface area (Å²) in [5.41, 5.74) is 6.65. The van der Waals surface area contributed by atoms with Gasteiger partial charge in [-0.15, -0.1) is 0 Å². The molecule has 1 aliphatic carbocycles. The van der Waals surface area contributed by atoms with Crippen molar-refractivity contribution in [2.75, 3.05) is 11.4 Å². The number of hydrogen-bond acceptors (Lipinski definition) is 3. The summed E-state index contributed by atoms with van der Waals surface area (Å²) in [4.78, 5) is 25.2. The average molecular weight is 269 g/mol. The standard InChI is InChI=1S/C15H15N3O2/c1-2-18-12-4-3-8(5-9(12)6-13(18)19)14-10-7-11(10)15(20)17-16-14/h3-5,10-11H,2,6-7H2,1H3,(H,17,20). The van der Waals surface area contributed by atoms with Gasteiger partial charge in [-0.1, -0.05) is 6.07 Å². The molecule has 0 spiro atoms. The predicted molar refractivity (Wildman–Crippen MR) is 74.4 cm³/mol. The van der Waals surface area contributed by atoms with Crippen LogP contribution in [0, 0.1) is 11.8 Å². The minimum atomic E-state index is 0.0345. The second-order valence-electron chi connectivity index (χ2n) is 5.58. The number of amides is 2. The summed E-state index contributed by atoms with van der Waals surface area (Å²) in [5, 5.41) is 4.21. The van der Waals surface area contributed by atoms with Crippen LogP contribution in [0.2, 0.25) is 0 Å². The lowest BCUT2D eigenvalue weighted by molar-refractivity contribution is -0.122. The molecule has 0 radical (unpaired) electrons. The van der Waals surface area contributed by atoms with Crippen LogP contribution >= 0.6 is 0 Å². The van der Waals surface area contributed by atoms with E-state index in [0.29, 0.717) is 13.0 Å². The molecule has 0 aromatic heterocycles. The summed E-state index contributed by atoms with van der Waals surface area (Å²) in [6.45, 7) is 2.68. The summed E-state index contributed by atoms with van der Waals surface area (Å²) in [5.74, 6) is 0.556. The number of anilines is 1. The van der Waals surface area contributed by atoms with Crippen LogP contribution in [0.5, 0.6) is 0 Å². The quantitative estimate of drug-likeness (QED) is 0.872. The van der Waals surface area contributed by atoms with Crippen LogP contribution in [0.3, 0.4) is 0 Å². The zero-order chi connectivity index (χ0) is 13.9. The third kappa shape index (κ3) is 1.52. The molecule has 5 heteroatoms. The van der Waals surface area contributed by atoms with Gasteiger partial charge in [-0.2, -0.15) is 5.10 Å². The number of rotatable bonds is 2. The monoisotopic (exact) mass is 269 g/mol. The van der Waals surface area contributed by atoms with Crippen molar-refractivity contribution in [1.82, 2.24) is 5.43 Å². The van der Waals surface area contributed by atoms with E-state index in [9.17, 15) is 9.59 Å². The van der Waals surface area contributed by atoms with Gasteiger partial charge in [0.05, 0.1) is 12.1 Å². The lowest BCUT2D eigenvalue weighted by Gasteiger charge is -2.16. The largest absolute Gasteiger partial charge is 0.312 e. The van der Waals surface area contributed by atoms with Gasteiger partial charge in [0.15, 0.2) is 0 Å². The van der Waals surface area contributed by atoms with Crippen LogP contribution in [0.15, 0.2) is 23.3 Å². The van der Waals surface area contributed by atoms with E-state index in [1.165, 1.54) is 0 Å². The number of fused-ring (bicyclic) bond motifs is 2. The maximum Gasteiger partial charge on any atom is 0.243 e. The van der Waals surface area contributed by atoms with Crippen LogP contribution < -0.4 is 10.3 Å². The Kier molecular flexibility index (Phi) is 2.28. The van der Waals surface area contributed by atoms with Gasteiger partial charge in [0.25, 0.3) is 0 Å². The fourth-order valence-electron chi connectivity index (χ4n) is 3.24. The number of carbonyl (C=O) groups excluding carboxylic acids is 2. The van der Waals surface area contributed by atoms with Crippen molar-refractivity contribution in [3.05, 3.63) is 29.3 Å². The van der Waals surface area contributed by atoms with Gasteiger partial charge >= 0.3 is 0 Å². The summed E-state index contributed by atoms with van der Waals surface area (Å²) in [6.07, 6.45) is 1.35. The van der Waals surface area contributed by atoms with E-state index in [2.05, 4.69) is 16.6 Å². The molecular formula is C15H15N3O2. The number of hydrogen-bond donors (Lipinski definition) is 1. The molecule has 1 aromatic rings. The number of nitrogens with one attached hydrogen (secondary N) is 1. The first kappa shape index (κ1) is 11.6. The van der Waals surface area contributed by atoms with E-state index in [1.807, 2.05) is 24.0 Å². The fourth-order valence-corrected chi connectivity index (χ4v) is 3.24. The van der Waals surface area contributed by atoms with Crippen molar-refractivity contribution in [3.63, 3.8) is 0 Å². The highest BCUT2D eigenvalue weighted by Crippen LogP contribution is 2.44. The molecule has 0 bridgehead atoms. The molecule has 2 aliphatic heterocycles. The lowest BCUT2D eigenvalue weighted by atomic mass is 10.0. The highest BCUT2D eigenvalue weighted by atomic mass is 16.2. The highest BCUT2D eigenvalue weighted by Gasteiger charge is 2.49. The van der Waals surface area contributed by atoms with Crippen molar-refractivity contribution in [3.8, 4) is 0 Å². The van der Waals surface area contributed by atoms with E-state index >= 15 is 0 Å². The lowest BCUT2D eigenvalue weighted by Crippen LogP contribution is -2.28. The molecule has 2 unspecified atom stereocenters. The minimum absolute atomic E-state index is 0.0345. The molecule has 4 rings (SSSR count). The van der Waals surface area contributed by atoms with Crippen LogP contribution in [0.25, 0.3) is 0 Å². The smallest absolute Gasteiger partial charge is 0.243 e. The van der Waals surface area contributed by atoms with Gasteiger partial charge in [0.1, 0.15) is 0 Å². The van der Waals surface area contributed by atoms with Gasteiger partial charge in [0, 0.05) is 24.1 Å². The highest BCUT2D eigenvalue weighted by molar-refractivity contribution is 6.10. The number of hydrazone groups is 1. The van der Waals surface area contributed by atoms with Crippen molar-refractivity contribution < 1.29 is 9.59 Å². The van der Waals surface area contributed by atoms with Gasteiger partial charge in [0.2, 0.25) is 11.8 Å². The third-order valence-corrected chi connectivity index (χ3v) is 4.39. The van der Waals surface area contributed by atoms with Gasteiger partial charge in [-0.3, -0.25) is 9.59 Å². The van der Waals surface area contributed by atoms with Crippen LogP contribution in [0.1, 0.15) is 24.5 Å². The SMILES string of the molecule is CCN1C(=O)Cc2cc(C3=NNC(=O)C4CC34)ccc21. The molecule has 20 heavy (non-hydrogen) atoms. The Hall–Kier alpha value is -2.17. The molecule has 1 N–H and O–H groups in total. The molecule has 0 saturated heterocycles. The topological polar surface area (TPSA) is 61.8 Å². The van der Waals surface area contributed by atoms with E-state index < -0.39 is 0 Å². The molecule has 1 fully saturated rings. The summed E-state index contributed by atoms with van der Waals surface area (Å²) in [7, 11) is 0. The first-order valence-corrected chi connectivity index (χ1v) is 7.00. The second kappa shape index (κ2) is 3.91. The Balaban J connectivity index is 1.71. The maximum absolute atomic E-state index is 11.9. The van der Waals surface area contributed by atoms with Crippen LogP contribution in [-0.4, -0.2) is 24.1 Å². The number of nitrogens with zero attached hydrogens (tertiary/aromatic N) is 2. The number of likely N-dealkylation sites (N-methyl/N-ethyl adjacent to an activating group) is 1. The van der Waals surface area contributed by atoms with E-state index in [0.717, 1.165) is 28.9 Å². The zero-order valence-electron chi connectivity index (χ0n) is 11.2. The summed E-state index contributed by atoms with van der Waals surface area (Å²) < 4.78 is 0. The molecule has 2 heterocycles. The molecule has 1 saturated carbocycles. The minimum Gasteiger partial charge on any atom is -0.312 e. The van der Waals surface area contributed by atoms with Crippen LogP contribution in [0.4, 0.5) is 5.69 Å². The Morgan fingerprint density at radius 1 is 1.35 bits per heavy atom. The van der Waals surface area contributed by atoms with Crippen molar-refractivity contribution in [2.24, 2.45) is 16.9 Å². The van der Waals surface area contributed by atoms with Gasteiger partial charge in [-0.25, -0.2) is 5.43 Å². The molecule has 2 amide bonds. The number of carbonyl (C=O) groups is 2. The van der Waals surface area contributed by atoms with Crippen molar-refractivity contribution >= 4 is 23.2 Å². The summed E-state index contributed by atoms with van der Waals surface area (Å²) in [6, 6.07) is 6.05. The maximum atomic E-state index is 11.9.